The normalized spacial score (nSPS) is 13.7. The number of nitrogens with zero attached hydrogens (tertiary/aromatic N) is 3. The van der Waals surface area contributed by atoms with E-state index in [0.29, 0.717) is 0 Å². The molecule has 130 valence electrons. The number of pyridine rings is 2. The average molecular weight is 349 g/mol. The maximum Gasteiger partial charge on any atom is 0.163 e. The van der Waals surface area contributed by atoms with Crippen LogP contribution in [0.25, 0.3) is 33.9 Å². The Morgan fingerprint density at radius 1 is 0.741 bits per heavy atom. The second kappa shape index (κ2) is 6.69. The van der Waals surface area contributed by atoms with E-state index in [0.717, 1.165) is 46.8 Å². The molecule has 27 heavy (non-hydrogen) atoms. The van der Waals surface area contributed by atoms with Gasteiger partial charge in [0.1, 0.15) is 5.69 Å². The van der Waals surface area contributed by atoms with Crippen molar-refractivity contribution in [3.8, 4) is 22.8 Å². The molecule has 0 aliphatic heterocycles. The smallest absolute Gasteiger partial charge is 0.163 e. The molecule has 4 aromatic rings. The van der Waals surface area contributed by atoms with Gasteiger partial charge in [0.15, 0.2) is 5.82 Å². The van der Waals surface area contributed by atoms with Crippen molar-refractivity contribution in [1.29, 1.82) is 0 Å². The largest absolute Gasteiger partial charge is 0.298 e. The maximum atomic E-state index is 5.00. The van der Waals surface area contributed by atoms with Crippen molar-refractivity contribution in [3.05, 3.63) is 96.8 Å². The summed E-state index contributed by atoms with van der Waals surface area (Å²) in [6.45, 7) is 0. The first-order valence-corrected chi connectivity index (χ1v) is 9.27. The standard InChI is InChI=1S/C24H19N3/c1-3-10-18(11-4-1)20-14-9-15-21(25-20)24-26-23(19-12-5-2-6-13-19)22-16-7-8-17-27(22)24/h1,3-5,7-17H,2,6H2. The van der Waals surface area contributed by atoms with E-state index in [1.165, 1.54) is 5.57 Å². The van der Waals surface area contributed by atoms with E-state index in [1.54, 1.807) is 0 Å². The molecule has 1 aliphatic rings. The third-order valence-corrected chi connectivity index (χ3v) is 4.86. The van der Waals surface area contributed by atoms with Crippen molar-refractivity contribution in [1.82, 2.24) is 14.4 Å². The van der Waals surface area contributed by atoms with E-state index in [4.69, 9.17) is 9.97 Å². The molecule has 0 unspecified atom stereocenters. The molecule has 3 heteroatoms. The molecule has 0 amide bonds. The highest BCUT2D eigenvalue weighted by atomic mass is 15.0. The molecule has 0 bridgehead atoms. The number of hydrogen-bond donors (Lipinski definition) is 0. The summed E-state index contributed by atoms with van der Waals surface area (Å²) in [6, 6.07) is 22.6. The summed E-state index contributed by atoms with van der Waals surface area (Å²) in [4.78, 5) is 9.90. The van der Waals surface area contributed by atoms with Gasteiger partial charge in [0.05, 0.1) is 16.9 Å². The van der Waals surface area contributed by atoms with E-state index in [9.17, 15) is 0 Å². The minimum Gasteiger partial charge on any atom is -0.298 e. The molecule has 1 aliphatic carbocycles. The molecular formula is C24H19N3. The van der Waals surface area contributed by atoms with E-state index in [1.807, 2.05) is 42.5 Å². The summed E-state index contributed by atoms with van der Waals surface area (Å²) in [7, 11) is 0. The van der Waals surface area contributed by atoms with Gasteiger partial charge in [-0.2, -0.15) is 0 Å². The first-order chi connectivity index (χ1) is 13.4. The SMILES string of the molecule is C1=CC(c2nc(-c3cccc(-c4ccccc4)n3)n3ccccc23)=CCC1. The van der Waals surface area contributed by atoms with Gasteiger partial charge >= 0.3 is 0 Å². The summed E-state index contributed by atoms with van der Waals surface area (Å²) in [5.74, 6) is 0.873. The molecule has 0 saturated heterocycles. The Balaban J connectivity index is 1.68. The summed E-state index contributed by atoms with van der Waals surface area (Å²) in [5, 5.41) is 0. The molecule has 0 saturated carbocycles. The van der Waals surface area contributed by atoms with Gasteiger partial charge in [0.25, 0.3) is 0 Å². The molecule has 0 atom stereocenters. The molecule has 0 fully saturated rings. The van der Waals surface area contributed by atoms with E-state index in [2.05, 4.69) is 53.1 Å². The van der Waals surface area contributed by atoms with Crippen LogP contribution in [0.15, 0.2) is 91.2 Å². The number of rotatable bonds is 3. The average Bonchev–Trinajstić information content (AvgIpc) is 3.15. The predicted molar refractivity (Wildman–Crippen MR) is 110 cm³/mol. The molecule has 5 rings (SSSR count). The molecule has 3 nitrogen and oxygen atoms in total. The lowest BCUT2D eigenvalue weighted by molar-refractivity contribution is 1.04. The van der Waals surface area contributed by atoms with E-state index in [-0.39, 0.29) is 0 Å². The third-order valence-electron chi connectivity index (χ3n) is 4.86. The van der Waals surface area contributed by atoms with Gasteiger partial charge in [-0.25, -0.2) is 9.97 Å². The fraction of sp³-hybridized carbons (Fsp3) is 0.0833. The molecule has 1 aromatic carbocycles. The number of hydrogen-bond acceptors (Lipinski definition) is 2. The van der Waals surface area contributed by atoms with Crippen molar-refractivity contribution >= 4 is 11.1 Å². The second-order valence-electron chi connectivity index (χ2n) is 6.65. The Labute approximate surface area is 158 Å². The number of aromatic nitrogens is 3. The van der Waals surface area contributed by atoms with Crippen molar-refractivity contribution in [2.75, 3.05) is 0 Å². The predicted octanol–water partition coefficient (Wildman–Crippen LogP) is 5.80. The Kier molecular flexibility index (Phi) is 3.91. The van der Waals surface area contributed by atoms with Crippen LogP contribution < -0.4 is 0 Å². The zero-order valence-corrected chi connectivity index (χ0v) is 14.9. The third kappa shape index (κ3) is 2.87. The quantitative estimate of drug-likeness (QED) is 0.468. The van der Waals surface area contributed by atoms with Gasteiger partial charge < -0.3 is 0 Å². The maximum absolute atomic E-state index is 5.00. The first-order valence-electron chi connectivity index (χ1n) is 9.27. The van der Waals surface area contributed by atoms with Gasteiger partial charge in [-0.05, 0) is 42.7 Å². The lowest BCUT2D eigenvalue weighted by Gasteiger charge is -2.04. The van der Waals surface area contributed by atoms with E-state index < -0.39 is 0 Å². The van der Waals surface area contributed by atoms with Gasteiger partial charge in [0, 0.05) is 11.8 Å². The number of allylic oxidation sites excluding steroid dienone is 4. The molecular weight excluding hydrogens is 330 g/mol. The lowest BCUT2D eigenvalue weighted by Crippen LogP contribution is -1.93. The van der Waals surface area contributed by atoms with Gasteiger partial charge in [-0.15, -0.1) is 0 Å². The summed E-state index contributed by atoms with van der Waals surface area (Å²) >= 11 is 0. The molecule has 0 spiro atoms. The first kappa shape index (κ1) is 15.8. The van der Waals surface area contributed by atoms with Gasteiger partial charge in [-0.1, -0.05) is 60.7 Å². The number of benzene rings is 1. The summed E-state index contributed by atoms with van der Waals surface area (Å²) in [5.41, 5.74) is 6.27. The van der Waals surface area contributed by atoms with Gasteiger partial charge in [0.2, 0.25) is 0 Å². The van der Waals surface area contributed by atoms with Crippen molar-refractivity contribution in [2.24, 2.45) is 0 Å². The zero-order valence-electron chi connectivity index (χ0n) is 14.9. The fourth-order valence-electron chi connectivity index (χ4n) is 3.55. The van der Waals surface area contributed by atoms with Crippen LogP contribution >= 0.6 is 0 Å². The Bertz CT molecular complexity index is 1170. The van der Waals surface area contributed by atoms with Crippen molar-refractivity contribution in [3.63, 3.8) is 0 Å². The topological polar surface area (TPSA) is 30.2 Å². The van der Waals surface area contributed by atoms with Crippen molar-refractivity contribution < 1.29 is 0 Å². The number of fused-ring (bicyclic) bond motifs is 1. The Hall–Kier alpha value is -3.46. The van der Waals surface area contributed by atoms with Crippen LogP contribution in [0.3, 0.4) is 0 Å². The molecule has 0 radical (unpaired) electrons. The minimum absolute atomic E-state index is 0.873. The lowest BCUT2D eigenvalue weighted by atomic mass is 10.0. The van der Waals surface area contributed by atoms with Crippen LogP contribution in [-0.4, -0.2) is 14.4 Å². The highest BCUT2D eigenvalue weighted by Crippen LogP contribution is 2.29. The van der Waals surface area contributed by atoms with Crippen LogP contribution in [0.2, 0.25) is 0 Å². The summed E-state index contributed by atoms with van der Waals surface area (Å²) in [6.07, 6.45) is 10.9. The molecule has 3 heterocycles. The Morgan fingerprint density at radius 2 is 1.59 bits per heavy atom. The Morgan fingerprint density at radius 3 is 2.44 bits per heavy atom. The highest BCUT2D eigenvalue weighted by molar-refractivity contribution is 5.84. The van der Waals surface area contributed by atoms with Crippen LogP contribution in [0.4, 0.5) is 0 Å². The van der Waals surface area contributed by atoms with Crippen LogP contribution in [0.5, 0.6) is 0 Å². The van der Waals surface area contributed by atoms with Crippen LogP contribution in [-0.2, 0) is 0 Å². The highest BCUT2D eigenvalue weighted by Gasteiger charge is 2.16. The van der Waals surface area contributed by atoms with Crippen LogP contribution in [0.1, 0.15) is 18.5 Å². The van der Waals surface area contributed by atoms with Crippen LogP contribution in [0, 0.1) is 0 Å². The minimum atomic E-state index is 0.873. The zero-order chi connectivity index (χ0) is 18.1. The van der Waals surface area contributed by atoms with E-state index >= 15 is 0 Å². The second-order valence-corrected chi connectivity index (χ2v) is 6.65. The van der Waals surface area contributed by atoms with Crippen molar-refractivity contribution in [2.45, 2.75) is 12.8 Å². The van der Waals surface area contributed by atoms with Gasteiger partial charge in [-0.3, -0.25) is 4.40 Å². The summed E-state index contributed by atoms with van der Waals surface area (Å²) < 4.78 is 2.13. The fourth-order valence-corrected chi connectivity index (χ4v) is 3.55. The molecule has 3 aromatic heterocycles. The number of imidazole rings is 1. The monoisotopic (exact) mass is 349 g/mol. The molecule has 0 N–H and O–H groups in total.